The van der Waals surface area contributed by atoms with Crippen LogP contribution in [0.25, 0.3) is 10.2 Å². The Labute approximate surface area is 123 Å². The first-order valence-corrected chi connectivity index (χ1v) is 6.99. The number of thiazole rings is 1. The van der Waals surface area contributed by atoms with Gasteiger partial charge in [0.1, 0.15) is 5.75 Å². The van der Waals surface area contributed by atoms with Crippen molar-refractivity contribution in [3.05, 3.63) is 52.4 Å². The number of aromatic amines is 1. The number of nitrogens with zero attached hydrogens (tertiary/aromatic N) is 1. The summed E-state index contributed by atoms with van der Waals surface area (Å²) in [5, 5.41) is 12.6. The Morgan fingerprint density at radius 1 is 1.33 bits per heavy atom. The fraction of sp³-hybridized carbons (Fsp3) is 0.0714. The van der Waals surface area contributed by atoms with Crippen molar-refractivity contribution in [1.29, 1.82) is 0 Å². The molecule has 0 aliphatic rings. The molecule has 1 amide bonds. The first-order chi connectivity index (χ1) is 10.1. The number of pyridine rings is 1. The molecule has 7 heteroatoms. The number of hydrogen-bond acceptors (Lipinski definition) is 5. The Morgan fingerprint density at radius 3 is 2.95 bits per heavy atom. The standard InChI is InChI=1S/C14H11N3O3S/c18-9-2-3-10-11(6-9)21-14(16-10)17-13(20)5-8-1-4-12(19)15-7-8/h1-4,6-7,18H,5H2,(H,15,19)(H,16,17,20). The Morgan fingerprint density at radius 2 is 2.19 bits per heavy atom. The van der Waals surface area contributed by atoms with Gasteiger partial charge in [0.25, 0.3) is 0 Å². The molecule has 3 aromatic rings. The average molecular weight is 301 g/mol. The van der Waals surface area contributed by atoms with Crippen molar-refractivity contribution in [3.63, 3.8) is 0 Å². The van der Waals surface area contributed by atoms with Crippen LogP contribution < -0.4 is 10.9 Å². The fourth-order valence-corrected chi connectivity index (χ4v) is 2.78. The van der Waals surface area contributed by atoms with Gasteiger partial charge in [-0.15, -0.1) is 0 Å². The highest BCUT2D eigenvalue weighted by atomic mass is 32.1. The molecule has 21 heavy (non-hydrogen) atoms. The van der Waals surface area contributed by atoms with Crippen LogP contribution in [0.1, 0.15) is 5.56 Å². The highest BCUT2D eigenvalue weighted by Gasteiger charge is 2.09. The van der Waals surface area contributed by atoms with Gasteiger partial charge in [-0.2, -0.15) is 0 Å². The highest BCUT2D eigenvalue weighted by Crippen LogP contribution is 2.28. The van der Waals surface area contributed by atoms with Crippen LogP contribution in [-0.2, 0) is 11.2 Å². The van der Waals surface area contributed by atoms with Gasteiger partial charge in [0, 0.05) is 12.3 Å². The number of benzene rings is 1. The monoisotopic (exact) mass is 301 g/mol. The Hall–Kier alpha value is -2.67. The van der Waals surface area contributed by atoms with Crippen LogP contribution in [-0.4, -0.2) is 21.0 Å². The van der Waals surface area contributed by atoms with Crippen LogP contribution in [0.4, 0.5) is 5.13 Å². The average Bonchev–Trinajstić information content (AvgIpc) is 2.82. The van der Waals surface area contributed by atoms with Gasteiger partial charge in [-0.25, -0.2) is 4.98 Å². The summed E-state index contributed by atoms with van der Waals surface area (Å²) < 4.78 is 0.800. The van der Waals surface area contributed by atoms with Crippen molar-refractivity contribution in [2.75, 3.05) is 5.32 Å². The van der Waals surface area contributed by atoms with E-state index in [1.807, 2.05) is 0 Å². The van der Waals surface area contributed by atoms with Gasteiger partial charge in [0.2, 0.25) is 11.5 Å². The lowest BCUT2D eigenvalue weighted by Crippen LogP contribution is -2.15. The predicted octanol–water partition coefficient (Wildman–Crippen LogP) is 1.87. The number of H-pyrrole nitrogens is 1. The number of anilines is 1. The molecule has 0 spiro atoms. The van der Waals surface area contributed by atoms with Crippen LogP contribution in [0, 0.1) is 0 Å². The van der Waals surface area contributed by atoms with Crippen molar-refractivity contribution in [2.45, 2.75) is 6.42 Å². The zero-order valence-electron chi connectivity index (χ0n) is 10.8. The number of phenols is 1. The molecule has 0 atom stereocenters. The van der Waals surface area contributed by atoms with E-state index in [0.717, 1.165) is 10.2 Å². The van der Waals surface area contributed by atoms with E-state index >= 15 is 0 Å². The molecule has 0 bridgehead atoms. The molecule has 0 fully saturated rings. The van der Waals surface area contributed by atoms with Gasteiger partial charge in [0.05, 0.1) is 16.6 Å². The minimum atomic E-state index is -0.217. The number of amides is 1. The number of phenolic OH excluding ortho intramolecular Hbond substituents is 1. The smallest absolute Gasteiger partial charge is 0.247 e. The molecule has 0 aliphatic heterocycles. The van der Waals surface area contributed by atoms with E-state index in [4.69, 9.17) is 0 Å². The molecule has 0 saturated heterocycles. The largest absolute Gasteiger partial charge is 0.508 e. The lowest BCUT2D eigenvalue weighted by Gasteiger charge is -2.01. The highest BCUT2D eigenvalue weighted by molar-refractivity contribution is 7.22. The summed E-state index contributed by atoms with van der Waals surface area (Å²) in [4.78, 5) is 29.7. The van der Waals surface area contributed by atoms with Gasteiger partial charge in [-0.3, -0.25) is 9.59 Å². The van der Waals surface area contributed by atoms with Crippen LogP contribution in [0.2, 0.25) is 0 Å². The van der Waals surface area contributed by atoms with Gasteiger partial charge in [-0.05, 0) is 23.8 Å². The summed E-state index contributed by atoms with van der Waals surface area (Å²) in [6, 6.07) is 7.83. The third-order valence-electron chi connectivity index (χ3n) is 2.83. The van der Waals surface area contributed by atoms with Crippen LogP contribution >= 0.6 is 11.3 Å². The summed E-state index contributed by atoms with van der Waals surface area (Å²) in [5.41, 5.74) is 1.23. The summed E-state index contributed by atoms with van der Waals surface area (Å²) in [6.07, 6.45) is 1.66. The summed E-state index contributed by atoms with van der Waals surface area (Å²) in [5.74, 6) is -0.0532. The summed E-state index contributed by atoms with van der Waals surface area (Å²) in [6.45, 7) is 0. The number of carbonyl (C=O) groups is 1. The van der Waals surface area contributed by atoms with Gasteiger partial charge >= 0.3 is 0 Å². The van der Waals surface area contributed by atoms with Crippen molar-refractivity contribution in [3.8, 4) is 5.75 Å². The molecular formula is C14H11N3O3S. The van der Waals surface area contributed by atoms with E-state index in [1.54, 1.807) is 24.3 Å². The SMILES string of the molecule is O=C(Cc1ccc(=O)[nH]c1)Nc1nc2ccc(O)cc2s1. The Balaban J connectivity index is 1.73. The van der Waals surface area contributed by atoms with E-state index in [9.17, 15) is 14.7 Å². The Kier molecular flexibility index (Phi) is 3.41. The number of aromatic hydroxyl groups is 1. The molecule has 2 aromatic heterocycles. The second-order valence-corrected chi connectivity index (χ2v) is 5.49. The van der Waals surface area contributed by atoms with Crippen LogP contribution in [0.5, 0.6) is 5.75 Å². The van der Waals surface area contributed by atoms with E-state index < -0.39 is 0 Å². The minimum absolute atomic E-state index is 0.151. The maximum Gasteiger partial charge on any atom is 0.247 e. The normalized spacial score (nSPS) is 10.7. The molecule has 0 aliphatic carbocycles. The number of rotatable bonds is 3. The van der Waals surface area contributed by atoms with Gasteiger partial charge < -0.3 is 15.4 Å². The fourth-order valence-electron chi connectivity index (χ4n) is 1.87. The molecular weight excluding hydrogens is 290 g/mol. The predicted molar refractivity (Wildman–Crippen MR) is 80.7 cm³/mol. The third kappa shape index (κ3) is 3.09. The number of hydrogen-bond donors (Lipinski definition) is 3. The molecule has 0 unspecified atom stereocenters. The van der Waals surface area contributed by atoms with E-state index in [-0.39, 0.29) is 23.6 Å². The molecule has 1 aromatic carbocycles. The number of fused-ring (bicyclic) bond motifs is 1. The molecule has 2 heterocycles. The first-order valence-electron chi connectivity index (χ1n) is 6.17. The molecule has 3 rings (SSSR count). The molecule has 0 saturated carbocycles. The van der Waals surface area contributed by atoms with Crippen LogP contribution in [0.3, 0.4) is 0 Å². The van der Waals surface area contributed by atoms with Gasteiger partial charge in [0.15, 0.2) is 5.13 Å². The zero-order chi connectivity index (χ0) is 14.8. The summed E-state index contributed by atoms with van der Waals surface area (Å²) >= 11 is 1.29. The Bertz CT molecular complexity index is 849. The lowest BCUT2D eigenvalue weighted by molar-refractivity contribution is -0.115. The molecule has 3 N–H and O–H groups in total. The minimum Gasteiger partial charge on any atom is -0.508 e. The first kappa shape index (κ1) is 13.3. The summed E-state index contributed by atoms with van der Waals surface area (Å²) in [7, 11) is 0. The van der Waals surface area contributed by atoms with E-state index in [2.05, 4.69) is 15.3 Å². The third-order valence-corrected chi connectivity index (χ3v) is 3.77. The zero-order valence-corrected chi connectivity index (χ0v) is 11.6. The number of aromatic nitrogens is 2. The molecule has 6 nitrogen and oxygen atoms in total. The maximum atomic E-state index is 11.9. The van der Waals surface area contributed by atoms with E-state index in [1.165, 1.54) is 23.6 Å². The van der Waals surface area contributed by atoms with Crippen LogP contribution in [0.15, 0.2) is 41.3 Å². The van der Waals surface area contributed by atoms with Crippen molar-refractivity contribution >= 4 is 32.6 Å². The van der Waals surface area contributed by atoms with Gasteiger partial charge in [-0.1, -0.05) is 17.4 Å². The quantitative estimate of drug-likeness (QED) is 0.688. The van der Waals surface area contributed by atoms with E-state index in [0.29, 0.717) is 10.7 Å². The number of carbonyl (C=O) groups excluding carboxylic acids is 1. The topological polar surface area (TPSA) is 95.1 Å². The number of nitrogens with one attached hydrogen (secondary N) is 2. The lowest BCUT2D eigenvalue weighted by atomic mass is 10.2. The molecule has 0 radical (unpaired) electrons. The molecule has 106 valence electrons. The second-order valence-electron chi connectivity index (χ2n) is 4.46. The second kappa shape index (κ2) is 5.37. The van der Waals surface area contributed by atoms with Crippen molar-refractivity contribution in [1.82, 2.24) is 9.97 Å². The maximum absolute atomic E-state index is 11.9. The van der Waals surface area contributed by atoms with Crippen molar-refractivity contribution < 1.29 is 9.90 Å². The van der Waals surface area contributed by atoms with Crippen molar-refractivity contribution in [2.24, 2.45) is 0 Å².